The van der Waals surface area contributed by atoms with Crippen LogP contribution in [0.3, 0.4) is 0 Å². The number of halogens is 1. The summed E-state index contributed by atoms with van der Waals surface area (Å²) in [5.74, 6) is 0. The van der Waals surface area contributed by atoms with Crippen LogP contribution in [0.25, 0.3) is 0 Å². The van der Waals surface area contributed by atoms with E-state index in [9.17, 15) is 0 Å². The topological polar surface area (TPSA) is 15.3 Å². The molecule has 1 heterocycles. The molecule has 94 valence electrons. The molecule has 2 nitrogen and oxygen atoms in total. The van der Waals surface area contributed by atoms with Gasteiger partial charge in [-0.1, -0.05) is 19.4 Å². The van der Waals surface area contributed by atoms with Crippen LogP contribution in [0.4, 0.5) is 5.69 Å². The molecule has 1 aliphatic rings. The van der Waals surface area contributed by atoms with Crippen molar-refractivity contribution in [3.8, 4) is 0 Å². The van der Waals surface area contributed by atoms with Crippen LogP contribution >= 0.6 is 22.6 Å². The SMILES string of the molecule is CCCC1CN(c2cccc(I)c2)C(C)CN1. The number of rotatable bonds is 3. The highest BCUT2D eigenvalue weighted by Gasteiger charge is 2.24. The normalized spacial score (nSPS) is 25.0. The molecule has 0 saturated carbocycles. The molecule has 1 fully saturated rings. The van der Waals surface area contributed by atoms with Crippen molar-refractivity contribution in [2.24, 2.45) is 0 Å². The maximum absolute atomic E-state index is 3.64. The third-order valence-electron chi connectivity index (χ3n) is 3.43. The van der Waals surface area contributed by atoms with E-state index in [0.717, 1.165) is 13.1 Å². The Morgan fingerprint density at radius 3 is 3.00 bits per heavy atom. The first kappa shape index (κ1) is 13.1. The second-order valence-corrected chi connectivity index (χ2v) is 6.12. The summed E-state index contributed by atoms with van der Waals surface area (Å²) in [6, 6.07) is 10.1. The first-order valence-corrected chi connectivity index (χ1v) is 7.54. The van der Waals surface area contributed by atoms with Crippen molar-refractivity contribution >= 4 is 28.3 Å². The van der Waals surface area contributed by atoms with E-state index in [0.29, 0.717) is 12.1 Å². The Kier molecular flexibility index (Phi) is 4.68. The first-order valence-electron chi connectivity index (χ1n) is 6.46. The lowest BCUT2D eigenvalue weighted by atomic mass is 10.1. The van der Waals surface area contributed by atoms with Crippen LogP contribution in [-0.2, 0) is 0 Å². The quantitative estimate of drug-likeness (QED) is 0.847. The molecule has 2 atom stereocenters. The summed E-state index contributed by atoms with van der Waals surface area (Å²) in [6.45, 7) is 6.79. The van der Waals surface area contributed by atoms with Crippen molar-refractivity contribution in [3.63, 3.8) is 0 Å². The predicted molar refractivity (Wildman–Crippen MR) is 82.7 cm³/mol. The van der Waals surface area contributed by atoms with Crippen LogP contribution in [0, 0.1) is 3.57 Å². The molecule has 0 amide bonds. The summed E-state index contributed by atoms with van der Waals surface area (Å²) in [5, 5.41) is 3.64. The Bertz CT molecular complexity index is 367. The lowest BCUT2D eigenvalue weighted by Crippen LogP contribution is -2.55. The van der Waals surface area contributed by atoms with Gasteiger partial charge in [-0.25, -0.2) is 0 Å². The van der Waals surface area contributed by atoms with Crippen molar-refractivity contribution < 1.29 is 0 Å². The Morgan fingerprint density at radius 1 is 1.47 bits per heavy atom. The Labute approximate surface area is 118 Å². The van der Waals surface area contributed by atoms with Gasteiger partial charge in [0.25, 0.3) is 0 Å². The summed E-state index contributed by atoms with van der Waals surface area (Å²) in [4.78, 5) is 2.54. The zero-order valence-corrected chi connectivity index (χ0v) is 12.8. The molecule has 0 spiro atoms. The van der Waals surface area contributed by atoms with Gasteiger partial charge in [0.05, 0.1) is 0 Å². The number of benzene rings is 1. The van der Waals surface area contributed by atoms with E-state index in [1.54, 1.807) is 0 Å². The predicted octanol–water partition coefficient (Wildman–Crippen LogP) is 3.26. The molecule has 3 heteroatoms. The van der Waals surface area contributed by atoms with E-state index in [4.69, 9.17) is 0 Å². The fourth-order valence-electron chi connectivity index (χ4n) is 2.49. The zero-order valence-electron chi connectivity index (χ0n) is 10.6. The monoisotopic (exact) mass is 344 g/mol. The van der Waals surface area contributed by atoms with Gasteiger partial charge in [0.2, 0.25) is 0 Å². The Balaban J connectivity index is 2.12. The molecule has 0 aliphatic carbocycles. The lowest BCUT2D eigenvalue weighted by Gasteiger charge is -2.40. The van der Waals surface area contributed by atoms with Crippen LogP contribution in [0.1, 0.15) is 26.7 Å². The average molecular weight is 344 g/mol. The zero-order chi connectivity index (χ0) is 12.3. The van der Waals surface area contributed by atoms with Gasteiger partial charge in [0.1, 0.15) is 0 Å². The molecule has 0 radical (unpaired) electrons. The molecule has 2 rings (SSSR count). The van der Waals surface area contributed by atoms with Gasteiger partial charge in [-0.2, -0.15) is 0 Å². The highest BCUT2D eigenvalue weighted by Crippen LogP contribution is 2.22. The third kappa shape index (κ3) is 3.35. The fourth-order valence-corrected chi connectivity index (χ4v) is 3.01. The molecule has 1 aromatic carbocycles. The molecule has 17 heavy (non-hydrogen) atoms. The van der Waals surface area contributed by atoms with Gasteiger partial charge >= 0.3 is 0 Å². The summed E-state index contributed by atoms with van der Waals surface area (Å²) in [7, 11) is 0. The summed E-state index contributed by atoms with van der Waals surface area (Å²) in [5.41, 5.74) is 1.37. The molecule has 1 aliphatic heterocycles. The van der Waals surface area contributed by atoms with Gasteiger partial charge in [-0.3, -0.25) is 0 Å². The van der Waals surface area contributed by atoms with E-state index in [1.165, 1.54) is 22.1 Å². The number of nitrogens with zero attached hydrogens (tertiary/aromatic N) is 1. The van der Waals surface area contributed by atoms with Crippen molar-refractivity contribution in [3.05, 3.63) is 27.8 Å². The Morgan fingerprint density at radius 2 is 2.29 bits per heavy atom. The van der Waals surface area contributed by atoms with Crippen LogP contribution < -0.4 is 10.2 Å². The minimum absolute atomic E-state index is 0.585. The van der Waals surface area contributed by atoms with Gasteiger partial charge in [0, 0.05) is 34.4 Å². The van der Waals surface area contributed by atoms with E-state index >= 15 is 0 Å². The summed E-state index contributed by atoms with van der Waals surface area (Å²) in [6.07, 6.45) is 2.53. The van der Waals surface area contributed by atoms with Gasteiger partial charge < -0.3 is 10.2 Å². The van der Waals surface area contributed by atoms with E-state index in [2.05, 4.69) is 70.9 Å². The molecular formula is C14H21IN2. The minimum atomic E-state index is 0.585. The largest absolute Gasteiger partial charge is 0.366 e. The van der Waals surface area contributed by atoms with Gasteiger partial charge in [-0.05, 0) is 54.1 Å². The Hall–Kier alpha value is -0.290. The average Bonchev–Trinajstić information content (AvgIpc) is 2.32. The highest BCUT2D eigenvalue weighted by molar-refractivity contribution is 14.1. The van der Waals surface area contributed by atoms with E-state index in [1.807, 2.05) is 0 Å². The van der Waals surface area contributed by atoms with Gasteiger partial charge in [0.15, 0.2) is 0 Å². The minimum Gasteiger partial charge on any atom is -0.366 e. The molecular weight excluding hydrogens is 323 g/mol. The van der Waals surface area contributed by atoms with Gasteiger partial charge in [-0.15, -0.1) is 0 Å². The number of piperazine rings is 1. The third-order valence-corrected chi connectivity index (χ3v) is 4.10. The second kappa shape index (κ2) is 6.05. The summed E-state index contributed by atoms with van der Waals surface area (Å²) >= 11 is 2.39. The fraction of sp³-hybridized carbons (Fsp3) is 0.571. The molecule has 0 bridgehead atoms. The van der Waals surface area contributed by atoms with Crippen LogP contribution in [0.5, 0.6) is 0 Å². The summed E-state index contributed by atoms with van der Waals surface area (Å²) < 4.78 is 1.32. The smallest absolute Gasteiger partial charge is 0.0387 e. The maximum atomic E-state index is 3.64. The first-order chi connectivity index (χ1) is 8.20. The van der Waals surface area contributed by atoms with Crippen molar-refractivity contribution in [2.45, 2.75) is 38.8 Å². The maximum Gasteiger partial charge on any atom is 0.0387 e. The second-order valence-electron chi connectivity index (χ2n) is 4.88. The molecule has 1 aromatic rings. The highest BCUT2D eigenvalue weighted by atomic mass is 127. The lowest BCUT2D eigenvalue weighted by molar-refractivity contribution is 0.386. The molecule has 1 N–H and O–H groups in total. The molecule has 2 unspecified atom stereocenters. The number of nitrogens with one attached hydrogen (secondary N) is 1. The molecule has 0 aromatic heterocycles. The van der Waals surface area contributed by atoms with Crippen molar-refractivity contribution in [1.82, 2.24) is 5.32 Å². The standard InChI is InChI=1S/C14H21IN2/c1-3-5-13-10-17(11(2)9-16-13)14-7-4-6-12(15)8-14/h4,6-8,11,13,16H,3,5,9-10H2,1-2H3. The van der Waals surface area contributed by atoms with Crippen LogP contribution in [-0.4, -0.2) is 25.2 Å². The van der Waals surface area contributed by atoms with Crippen LogP contribution in [0.15, 0.2) is 24.3 Å². The molecule has 1 saturated heterocycles. The van der Waals surface area contributed by atoms with E-state index < -0.39 is 0 Å². The van der Waals surface area contributed by atoms with Crippen molar-refractivity contribution in [2.75, 3.05) is 18.0 Å². The van der Waals surface area contributed by atoms with Crippen LogP contribution in [0.2, 0.25) is 0 Å². The van der Waals surface area contributed by atoms with Crippen molar-refractivity contribution in [1.29, 1.82) is 0 Å². The van der Waals surface area contributed by atoms with E-state index in [-0.39, 0.29) is 0 Å². The number of hydrogen-bond donors (Lipinski definition) is 1. The number of anilines is 1. The number of hydrogen-bond acceptors (Lipinski definition) is 2.